The van der Waals surface area contributed by atoms with E-state index in [0.717, 1.165) is 29.8 Å². The Morgan fingerprint density at radius 3 is 2.46 bits per heavy atom. The molecule has 0 amide bonds. The number of nitrogens with one attached hydrogen (secondary N) is 2. The van der Waals surface area contributed by atoms with Gasteiger partial charge >= 0.3 is 0 Å². The number of aromatic hydroxyl groups is 1. The van der Waals surface area contributed by atoms with E-state index in [9.17, 15) is 5.11 Å². The molecule has 2 aromatic carbocycles. The summed E-state index contributed by atoms with van der Waals surface area (Å²) in [4.78, 5) is 16.0. The second kappa shape index (κ2) is 13.8. The Morgan fingerprint density at radius 1 is 1.17 bits per heavy atom. The van der Waals surface area contributed by atoms with Gasteiger partial charge in [0.05, 0.1) is 11.7 Å². The van der Waals surface area contributed by atoms with Gasteiger partial charge < -0.3 is 30.1 Å². The highest BCUT2D eigenvalue weighted by Crippen LogP contribution is 2.44. The Hall–Kier alpha value is -3.79. The summed E-state index contributed by atoms with van der Waals surface area (Å²) in [6, 6.07) is 9.79. The first kappa shape index (κ1) is 29.2. The molecule has 1 heterocycles. The van der Waals surface area contributed by atoms with Gasteiger partial charge in [0.1, 0.15) is 43.2 Å². The van der Waals surface area contributed by atoms with Crippen molar-refractivity contribution < 1.29 is 23.8 Å². The van der Waals surface area contributed by atoms with Crippen molar-refractivity contribution in [2.75, 3.05) is 17.2 Å². The van der Waals surface area contributed by atoms with E-state index < -0.39 is 6.04 Å². The minimum absolute atomic E-state index is 0.0754. The highest BCUT2D eigenvalue weighted by atomic mass is 19.1. The predicted molar refractivity (Wildman–Crippen MR) is 139 cm³/mol. The highest BCUT2D eigenvalue weighted by molar-refractivity contribution is 5.79. The van der Waals surface area contributed by atoms with Gasteiger partial charge in [-0.1, -0.05) is 45.2 Å². The number of phenols is 1. The number of phenolic OH excluding ortho intramolecular Hbond substituents is 1. The number of carbonyl (C=O) groups excluding carboxylic acids is 2. The van der Waals surface area contributed by atoms with E-state index in [1.165, 1.54) is 6.07 Å². The number of anilines is 2. The van der Waals surface area contributed by atoms with E-state index >= 15 is 4.39 Å². The first-order chi connectivity index (χ1) is 16.8. The number of hydrogen-bond donors (Lipinski definition) is 3. The lowest BCUT2D eigenvalue weighted by molar-refractivity contribution is -0.0987. The first-order valence-electron chi connectivity index (χ1n) is 11.2. The monoisotopic (exact) mass is 482 g/mol. The van der Waals surface area contributed by atoms with E-state index in [-0.39, 0.29) is 23.6 Å². The van der Waals surface area contributed by atoms with Gasteiger partial charge in [-0.2, -0.15) is 0 Å². The third-order valence-corrected chi connectivity index (χ3v) is 5.91. The molecule has 0 saturated heterocycles. The van der Waals surface area contributed by atoms with Crippen LogP contribution in [0.5, 0.6) is 11.5 Å². The van der Waals surface area contributed by atoms with Crippen LogP contribution in [0.4, 0.5) is 15.8 Å². The number of halogens is 1. The smallest absolute Gasteiger partial charge is 0.149 e. The summed E-state index contributed by atoms with van der Waals surface area (Å²) in [7, 11) is 0. The van der Waals surface area contributed by atoms with Gasteiger partial charge in [0.2, 0.25) is 0 Å². The van der Waals surface area contributed by atoms with Crippen LogP contribution in [-0.4, -0.2) is 25.3 Å². The second-order valence-electron chi connectivity index (χ2n) is 8.66. The molecule has 0 saturated carbocycles. The minimum Gasteiger partial charge on any atom is -0.506 e. The zero-order chi connectivity index (χ0) is 26.6. The number of fused-ring (bicyclic) bond motifs is 1. The fourth-order valence-electron chi connectivity index (χ4n) is 3.61. The van der Waals surface area contributed by atoms with Gasteiger partial charge in [-0.15, -0.1) is 5.92 Å². The maximum Gasteiger partial charge on any atom is 0.149 e. The maximum absolute atomic E-state index is 15.2. The summed E-state index contributed by atoms with van der Waals surface area (Å²) in [6.45, 7) is 14.6. The molecule has 188 valence electrons. The molecule has 0 radical (unpaired) electrons. The summed E-state index contributed by atoms with van der Waals surface area (Å²) in [5.74, 6) is 5.76. The molecule has 2 aromatic rings. The lowest BCUT2D eigenvalue weighted by atomic mass is 9.83. The van der Waals surface area contributed by atoms with E-state index in [2.05, 4.69) is 43.2 Å². The largest absolute Gasteiger partial charge is 0.506 e. The Morgan fingerprint density at radius 2 is 1.86 bits per heavy atom. The number of rotatable bonds is 6. The molecule has 3 rings (SSSR count). The molecule has 1 aliphatic rings. The zero-order valence-corrected chi connectivity index (χ0v) is 21.1. The molecule has 7 heteroatoms. The zero-order valence-electron chi connectivity index (χ0n) is 21.1. The Bertz CT molecular complexity index is 1080. The van der Waals surface area contributed by atoms with Gasteiger partial charge in [0, 0.05) is 17.3 Å². The molecule has 1 unspecified atom stereocenters. The third kappa shape index (κ3) is 7.61. The molecule has 35 heavy (non-hydrogen) atoms. The van der Waals surface area contributed by atoms with E-state index in [1.54, 1.807) is 31.2 Å². The Balaban J connectivity index is 0.00000145. The molecular weight excluding hydrogens is 447 g/mol. The van der Waals surface area contributed by atoms with Crippen molar-refractivity contribution in [1.82, 2.24) is 0 Å². The minimum atomic E-state index is -0.436. The molecule has 0 aromatic heterocycles. The maximum atomic E-state index is 15.2. The quantitative estimate of drug-likeness (QED) is 0.334. The van der Waals surface area contributed by atoms with Crippen molar-refractivity contribution in [3.63, 3.8) is 0 Å². The van der Waals surface area contributed by atoms with Gasteiger partial charge in [0.15, 0.2) is 0 Å². The average molecular weight is 483 g/mol. The molecule has 0 bridgehead atoms. The van der Waals surface area contributed by atoms with Crippen molar-refractivity contribution in [1.29, 1.82) is 0 Å². The van der Waals surface area contributed by atoms with Crippen LogP contribution in [0.25, 0.3) is 0 Å². The van der Waals surface area contributed by atoms with Crippen LogP contribution in [0.15, 0.2) is 47.7 Å². The number of para-hydroxylation sites is 1. The third-order valence-electron chi connectivity index (χ3n) is 5.91. The summed E-state index contributed by atoms with van der Waals surface area (Å²) in [6.07, 6.45) is 1.82. The molecule has 6 nitrogen and oxygen atoms in total. The van der Waals surface area contributed by atoms with E-state index in [1.807, 2.05) is 26.6 Å². The van der Waals surface area contributed by atoms with Crippen LogP contribution in [0.2, 0.25) is 0 Å². The van der Waals surface area contributed by atoms with E-state index in [4.69, 9.17) is 14.3 Å². The normalized spacial score (nSPS) is 14.2. The lowest BCUT2D eigenvalue weighted by Gasteiger charge is -2.27. The van der Waals surface area contributed by atoms with Gasteiger partial charge in [-0.05, 0) is 49.5 Å². The van der Waals surface area contributed by atoms with Crippen LogP contribution < -0.4 is 15.4 Å². The summed E-state index contributed by atoms with van der Waals surface area (Å²) in [5.41, 5.74) is 3.94. The van der Waals surface area contributed by atoms with Crippen molar-refractivity contribution in [3.8, 4) is 23.3 Å². The van der Waals surface area contributed by atoms with Crippen LogP contribution in [0.3, 0.4) is 0 Å². The average Bonchev–Trinajstić information content (AvgIpc) is 2.99. The van der Waals surface area contributed by atoms with Gasteiger partial charge in [0.25, 0.3) is 0 Å². The van der Waals surface area contributed by atoms with Crippen LogP contribution in [-0.2, 0) is 9.59 Å². The van der Waals surface area contributed by atoms with Gasteiger partial charge in [-0.25, -0.2) is 4.39 Å². The Labute approximate surface area is 207 Å². The molecule has 0 spiro atoms. The van der Waals surface area contributed by atoms with E-state index in [0.29, 0.717) is 17.0 Å². The molecule has 1 atom stereocenters. The van der Waals surface area contributed by atoms with Crippen LogP contribution >= 0.6 is 0 Å². The van der Waals surface area contributed by atoms with Crippen molar-refractivity contribution in [2.45, 2.75) is 53.5 Å². The SMILES string of the molecule is C=O.C=O.CC#CCOc1ccc(C2Nc3c(O)cccc3NC(CC(C)(C)CC)=C2C)c(F)c1. The molecule has 0 aliphatic carbocycles. The fraction of sp³-hybridized carbons (Fsp3) is 0.357. The van der Waals surface area contributed by atoms with Gasteiger partial charge in [-0.3, -0.25) is 0 Å². The van der Waals surface area contributed by atoms with Crippen molar-refractivity contribution in [3.05, 3.63) is 59.0 Å². The second-order valence-corrected chi connectivity index (χ2v) is 8.66. The molecule has 0 fully saturated rings. The standard InChI is InChI=1S/C26H31FN2O2.2CH2O/c1-6-8-14-31-18-12-13-19(20(27)15-18)24-17(3)22(16-26(4,5)7-2)28-21-10-9-11-23(30)25(21)29-24;2*1-2/h9-13,15,24,28-30H,7,14,16H2,1-5H3;2*1H2. The summed E-state index contributed by atoms with van der Waals surface area (Å²) < 4.78 is 20.7. The fourth-order valence-corrected chi connectivity index (χ4v) is 3.61. The Kier molecular flexibility index (Phi) is 11.5. The first-order valence-corrected chi connectivity index (χ1v) is 11.2. The lowest BCUT2D eigenvalue weighted by Crippen LogP contribution is -2.18. The number of allylic oxidation sites excluding steroid dienone is 1. The number of benzene rings is 2. The van der Waals surface area contributed by atoms with Crippen molar-refractivity contribution >= 4 is 25.0 Å². The number of carbonyl (C=O) groups is 2. The number of hydrogen-bond acceptors (Lipinski definition) is 6. The molecule has 1 aliphatic heterocycles. The van der Waals surface area contributed by atoms with Crippen molar-refractivity contribution in [2.24, 2.45) is 5.41 Å². The summed E-state index contributed by atoms with van der Waals surface area (Å²) in [5, 5.41) is 17.4. The molecule has 3 N–H and O–H groups in total. The topological polar surface area (TPSA) is 87.7 Å². The molecular formula is C28H35FN2O4. The van der Waals surface area contributed by atoms with Crippen LogP contribution in [0.1, 0.15) is 59.1 Å². The van der Waals surface area contributed by atoms with Crippen LogP contribution in [0, 0.1) is 23.1 Å². The predicted octanol–water partition coefficient (Wildman–Crippen LogP) is 6.24. The number of ether oxygens (including phenoxy) is 1. The summed E-state index contributed by atoms with van der Waals surface area (Å²) >= 11 is 0. The highest BCUT2D eigenvalue weighted by Gasteiger charge is 2.29.